The first-order valence-electron chi connectivity index (χ1n) is 30.7. The molecule has 0 aromatic heterocycles. The summed E-state index contributed by atoms with van der Waals surface area (Å²) in [6.45, 7) is 14.9. The Morgan fingerprint density at radius 3 is 0.718 bits per heavy atom. The highest BCUT2D eigenvalue weighted by atomic mass is 33.1. The molecule has 0 bridgehead atoms. The van der Waals surface area contributed by atoms with Gasteiger partial charge in [-0.3, -0.25) is 24.1 Å². The van der Waals surface area contributed by atoms with E-state index in [1.807, 2.05) is 43.2 Å². The largest absolute Gasteiger partial charge is 0.465 e. The van der Waals surface area contributed by atoms with E-state index in [9.17, 15) is 24.3 Å². The fourth-order valence-electron chi connectivity index (χ4n) is 7.99. The highest BCUT2D eigenvalue weighted by Gasteiger charge is 2.18. The molecule has 0 heterocycles. The molecule has 0 aromatic carbocycles. The number of hydrogen-bond donors (Lipinski definition) is 1. The molecule has 0 spiro atoms. The molecule has 0 saturated carbocycles. The minimum Gasteiger partial charge on any atom is -0.465 e. The van der Waals surface area contributed by atoms with Crippen LogP contribution in [-0.2, 0) is 38.1 Å². The van der Waals surface area contributed by atoms with Crippen LogP contribution in [0.15, 0.2) is 0 Å². The van der Waals surface area contributed by atoms with Crippen molar-refractivity contribution in [2.75, 3.05) is 138 Å². The lowest BCUT2D eigenvalue weighted by Gasteiger charge is -2.29. The average molecular weight is 1250 g/mol. The molecule has 12 nitrogen and oxygen atoms in total. The van der Waals surface area contributed by atoms with Crippen LogP contribution in [0.5, 0.6) is 0 Å². The van der Waals surface area contributed by atoms with Gasteiger partial charge >= 0.3 is 23.9 Å². The van der Waals surface area contributed by atoms with E-state index in [-0.39, 0.29) is 56.2 Å². The summed E-state index contributed by atoms with van der Waals surface area (Å²) in [6, 6.07) is 0. The lowest BCUT2D eigenvalue weighted by molar-refractivity contribution is -0.145. The van der Waals surface area contributed by atoms with Crippen LogP contribution in [0.1, 0.15) is 207 Å². The summed E-state index contributed by atoms with van der Waals surface area (Å²) in [5.41, 5.74) is 0. The van der Waals surface area contributed by atoms with E-state index in [0.29, 0.717) is 85.3 Å². The quantitative estimate of drug-likeness (QED) is 0.0267. The lowest BCUT2D eigenvalue weighted by atomic mass is 10.1. The van der Waals surface area contributed by atoms with Crippen molar-refractivity contribution in [3.05, 3.63) is 0 Å². The van der Waals surface area contributed by atoms with Crippen molar-refractivity contribution in [1.29, 1.82) is 0 Å². The maximum atomic E-state index is 12.9. The predicted octanol–water partition coefficient (Wildman–Crippen LogP) is 15.6. The Bertz CT molecular complexity index is 1150. The predicted molar refractivity (Wildman–Crippen MR) is 352 cm³/mol. The van der Waals surface area contributed by atoms with Crippen LogP contribution in [0.4, 0.5) is 0 Å². The number of aliphatic hydroxyl groups excluding tert-OH is 1. The van der Waals surface area contributed by atoms with Crippen molar-refractivity contribution in [2.24, 2.45) is 0 Å². The number of nitrogens with zero attached hydrogens (tertiary/aromatic N) is 3. The van der Waals surface area contributed by atoms with Crippen LogP contribution < -0.4 is 0 Å². The minimum absolute atomic E-state index is 0.0354. The van der Waals surface area contributed by atoms with Gasteiger partial charge in [0.15, 0.2) is 0 Å². The summed E-state index contributed by atoms with van der Waals surface area (Å²) in [6.07, 6.45) is 31.7. The Labute approximate surface area is 509 Å². The zero-order chi connectivity index (χ0) is 56.9. The van der Waals surface area contributed by atoms with E-state index in [1.54, 1.807) is 43.2 Å². The van der Waals surface area contributed by atoms with Gasteiger partial charge < -0.3 is 33.9 Å². The molecular formula is C58H113N3O9S8. The smallest absolute Gasteiger partial charge is 0.307 e. The molecule has 0 fully saturated rings. The second kappa shape index (κ2) is 65.1. The van der Waals surface area contributed by atoms with Crippen molar-refractivity contribution < 1.29 is 43.2 Å². The van der Waals surface area contributed by atoms with Crippen molar-refractivity contribution in [3.8, 4) is 0 Å². The van der Waals surface area contributed by atoms with Crippen LogP contribution in [0.3, 0.4) is 0 Å². The summed E-state index contributed by atoms with van der Waals surface area (Å²) in [5, 5.41) is 10.2. The number of carbonyl (C=O) groups is 4. The van der Waals surface area contributed by atoms with Crippen molar-refractivity contribution in [2.45, 2.75) is 207 Å². The molecular weight excluding hydrogens is 1140 g/mol. The van der Waals surface area contributed by atoms with Crippen LogP contribution >= 0.6 is 86.4 Å². The van der Waals surface area contributed by atoms with Gasteiger partial charge in [0.2, 0.25) is 0 Å². The standard InChI is InChI=1S/C58H113N3O9S8/c1-5-9-13-17-21-25-47-71-75-51-43-67-55(63)29-33-59(34-30-56(64)68-44-52-76-72-48-26-22-18-14-10-6-2)37-39-61(41-42-62)40-38-60(35-31-57(65)69-45-53-77-73-49-27-23-19-15-11-7-3)36-32-58(66)70-46-54-78-74-50-28-24-20-16-12-8-4/h62H,5-54H2,1-4H3. The molecule has 78 heavy (non-hydrogen) atoms. The molecule has 1 N–H and O–H groups in total. The monoisotopic (exact) mass is 1250 g/mol. The SMILES string of the molecule is CCCCCCCCSSCCOC(=O)CCN(CCC(=O)OCCSSCCCCCCCC)CCN(CCO)CCN(CCC(=O)OCCSSCCCCCCCC)CCC(=O)OCCSSCCCCCCCC. The number of esters is 4. The Morgan fingerprint density at radius 1 is 0.282 bits per heavy atom. The van der Waals surface area contributed by atoms with Gasteiger partial charge in [0.05, 0.1) is 32.3 Å². The Morgan fingerprint density at radius 2 is 0.487 bits per heavy atom. The zero-order valence-electron chi connectivity index (χ0n) is 49.7. The topological polar surface area (TPSA) is 135 Å². The summed E-state index contributed by atoms with van der Waals surface area (Å²) in [7, 11) is 14.4. The number of hydrogen-bond acceptors (Lipinski definition) is 20. The Hall–Kier alpha value is 0.520. The van der Waals surface area contributed by atoms with Crippen molar-refractivity contribution >= 4 is 110 Å². The molecule has 0 aliphatic heterocycles. The number of aliphatic hydroxyl groups is 1. The minimum atomic E-state index is -0.248. The molecule has 20 heteroatoms. The molecule has 0 rings (SSSR count). The molecule has 0 saturated heterocycles. The van der Waals surface area contributed by atoms with Crippen LogP contribution in [0.25, 0.3) is 0 Å². The van der Waals surface area contributed by atoms with E-state index in [2.05, 4.69) is 42.4 Å². The first-order chi connectivity index (χ1) is 38.3. The summed E-state index contributed by atoms with van der Waals surface area (Å²) in [4.78, 5) is 58.2. The first-order valence-corrected chi connectivity index (χ1v) is 40.6. The molecule has 0 aromatic rings. The maximum Gasteiger partial charge on any atom is 0.307 e. The Kier molecular flexibility index (Phi) is 65.5. The second-order valence-electron chi connectivity index (χ2n) is 19.8. The summed E-state index contributed by atoms with van der Waals surface area (Å²) >= 11 is 0. The van der Waals surface area contributed by atoms with Gasteiger partial charge in [0.25, 0.3) is 0 Å². The van der Waals surface area contributed by atoms with Gasteiger partial charge in [-0.05, 0) is 25.7 Å². The van der Waals surface area contributed by atoms with Crippen molar-refractivity contribution in [1.82, 2.24) is 14.7 Å². The molecule has 0 aliphatic carbocycles. The second-order valence-corrected chi connectivity index (χ2v) is 30.6. The van der Waals surface area contributed by atoms with Crippen LogP contribution in [0, 0.1) is 0 Å². The third-order valence-corrected chi connectivity index (χ3v) is 22.6. The van der Waals surface area contributed by atoms with Crippen LogP contribution in [0.2, 0.25) is 0 Å². The van der Waals surface area contributed by atoms with Gasteiger partial charge in [-0.1, -0.05) is 242 Å². The molecule has 462 valence electrons. The molecule has 0 amide bonds. The van der Waals surface area contributed by atoms with Gasteiger partial charge in [0, 0.05) is 105 Å². The normalized spacial score (nSPS) is 11.6. The first kappa shape index (κ1) is 78.5. The van der Waals surface area contributed by atoms with Gasteiger partial charge in [-0.2, -0.15) is 0 Å². The van der Waals surface area contributed by atoms with E-state index >= 15 is 0 Å². The highest BCUT2D eigenvalue weighted by molar-refractivity contribution is 8.77. The number of unbranched alkanes of at least 4 members (excludes halogenated alkanes) is 20. The molecule has 0 radical (unpaired) electrons. The number of rotatable bonds is 64. The highest BCUT2D eigenvalue weighted by Crippen LogP contribution is 2.26. The molecule has 0 aliphatic rings. The number of ether oxygens (including phenoxy) is 4. The van der Waals surface area contributed by atoms with Crippen LogP contribution in [-0.4, -0.2) is 182 Å². The maximum absolute atomic E-state index is 12.9. The average Bonchev–Trinajstić information content (AvgIpc) is 3.43. The fraction of sp³-hybridized carbons (Fsp3) is 0.931. The van der Waals surface area contributed by atoms with Gasteiger partial charge in [-0.25, -0.2) is 0 Å². The van der Waals surface area contributed by atoms with Crippen molar-refractivity contribution in [3.63, 3.8) is 0 Å². The van der Waals surface area contributed by atoms with Gasteiger partial charge in [-0.15, -0.1) is 0 Å². The van der Waals surface area contributed by atoms with E-state index in [0.717, 1.165) is 46.0 Å². The fourth-order valence-corrected chi connectivity index (χ4v) is 15.9. The lowest BCUT2D eigenvalue weighted by Crippen LogP contribution is -2.42. The van der Waals surface area contributed by atoms with Gasteiger partial charge in [0.1, 0.15) is 26.4 Å². The molecule has 0 unspecified atom stereocenters. The third kappa shape index (κ3) is 59.7. The summed E-state index contributed by atoms with van der Waals surface area (Å²) < 4.78 is 22.5. The van der Waals surface area contributed by atoms with E-state index < -0.39 is 0 Å². The summed E-state index contributed by atoms with van der Waals surface area (Å²) in [5.74, 6) is 6.48. The number of carbonyl (C=O) groups excluding carboxylic acids is 4. The molecule has 0 atom stereocenters. The Balaban J connectivity index is 5.37. The third-order valence-electron chi connectivity index (χ3n) is 12.8. The van der Waals surface area contributed by atoms with E-state index in [4.69, 9.17) is 18.9 Å². The zero-order valence-corrected chi connectivity index (χ0v) is 56.2. The van der Waals surface area contributed by atoms with E-state index in [1.165, 1.54) is 154 Å².